The molecule has 0 atom stereocenters. The van der Waals surface area contributed by atoms with Gasteiger partial charge in [-0.15, -0.1) is 0 Å². The highest BCUT2D eigenvalue weighted by atomic mass is 16.3. The Labute approximate surface area is 157 Å². The molecule has 1 heterocycles. The molecule has 0 amide bonds. The Balaban J connectivity index is 1.85. The van der Waals surface area contributed by atoms with Gasteiger partial charge < -0.3 is 15.1 Å². The van der Waals surface area contributed by atoms with E-state index in [0.29, 0.717) is 6.54 Å². The Morgan fingerprint density at radius 1 is 1.00 bits per heavy atom. The summed E-state index contributed by atoms with van der Waals surface area (Å²) >= 11 is 0. The number of rotatable bonds is 10. The Bertz CT molecular complexity index is 631. The predicted octanol–water partition coefficient (Wildman–Crippen LogP) is 3.42. The molecular formula is C21H32N4O. The van der Waals surface area contributed by atoms with Gasteiger partial charge in [-0.2, -0.15) is 0 Å². The SMILES string of the molecule is CCNC(=NCc1ccc(CN(CC)CC)cc1)NCCc1ccco1. The first-order chi connectivity index (χ1) is 12.7. The van der Waals surface area contributed by atoms with Gasteiger partial charge in [-0.25, -0.2) is 4.99 Å². The molecule has 0 fully saturated rings. The van der Waals surface area contributed by atoms with Crippen molar-refractivity contribution in [3.8, 4) is 0 Å². The molecule has 0 saturated heterocycles. The summed E-state index contributed by atoms with van der Waals surface area (Å²) in [5.41, 5.74) is 2.57. The number of nitrogens with zero attached hydrogens (tertiary/aromatic N) is 2. The highest BCUT2D eigenvalue weighted by molar-refractivity contribution is 5.79. The van der Waals surface area contributed by atoms with Crippen molar-refractivity contribution in [2.45, 2.75) is 40.3 Å². The van der Waals surface area contributed by atoms with Crippen LogP contribution in [0, 0.1) is 0 Å². The third-order valence-electron chi connectivity index (χ3n) is 4.33. The van der Waals surface area contributed by atoms with Gasteiger partial charge in [0.15, 0.2) is 5.96 Å². The fraction of sp³-hybridized carbons (Fsp3) is 0.476. The molecule has 0 radical (unpaired) electrons. The van der Waals surface area contributed by atoms with Gasteiger partial charge in [-0.3, -0.25) is 4.90 Å². The van der Waals surface area contributed by atoms with Crippen molar-refractivity contribution in [2.75, 3.05) is 26.2 Å². The fourth-order valence-electron chi connectivity index (χ4n) is 2.73. The first-order valence-electron chi connectivity index (χ1n) is 9.59. The van der Waals surface area contributed by atoms with Gasteiger partial charge in [0, 0.05) is 26.1 Å². The lowest BCUT2D eigenvalue weighted by molar-refractivity contribution is 0.296. The van der Waals surface area contributed by atoms with Gasteiger partial charge in [0.25, 0.3) is 0 Å². The quantitative estimate of drug-likeness (QED) is 0.506. The van der Waals surface area contributed by atoms with Crippen LogP contribution in [0.4, 0.5) is 0 Å². The van der Waals surface area contributed by atoms with Crippen molar-refractivity contribution in [2.24, 2.45) is 4.99 Å². The van der Waals surface area contributed by atoms with Crippen LogP contribution in [-0.4, -0.2) is 37.0 Å². The van der Waals surface area contributed by atoms with Crippen LogP contribution in [0.3, 0.4) is 0 Å². The maximum atomic E-state index is 5.36. The fourth-order valence-corrected chi connectivity index (χ4v) is 2.73. The van der Waals surface area contributed by atoms with Crippen LogP contribution in [0.5, 0.6) is 0 Å². The van der Waals surface area contributed by atoms with Crippen molar-refractivity contribution in [1.82, 2.24) is 15.5 Å². The molecule has 2 aromatic rings. The Morgan fingerprint density at radius 3 is 2.35 bits per heavy atom. The van der Waals surface area contributed by atoms with E-state index < -0.39 is 0 Å². The number of nitrogens with one attached hydrogen (secondary N) is 2. The Morgan fingerprint density at radius 2 is 1.73 bits per heavy atom. The van der Waals surface area contributed by atoms with E-state index in [2.05, 4.69) is 65.6 Å². The van der Waals surface area contributed by atoms with Crippen LogP contribution in [0.15, 0.2) is 52.1 Å². The molecule has 5 heteroatoms. The summed E-state index contributed by atoms with van der Waals surface area (Å²) in [6.45, 7) is 12.0. The highest BCUT2D eigenvalue weighted by Crippen LogP contribution is 2.08. The van der Waals surface area contributed by atoms with E-state index in [9.17, 15) is 0 Å². The third-order valence-corrected chi connectivity index (χ3v) is 4.33. The molecule has 0 saturated carbocycles. The average Bonchev–Trinajstić information content (AvgIpc) is 3.18. The lowest BCUT2D eigenvalue weighted by atomic mass is 10.1. The standard InChI is InChI=1S/C21H32N4O/c1-4-22-21(23-14-13-20-8-7-15-26-20)24-16-18-9-11-19(12-10-18)17-25(5-2)6-3/h7-12,15H,4-6,13-14,16-17H2,1-3H3,(H2,22,23,24). The van der Waals surface area contributed by atoms with Crippen LogP contribution in [0.25, 0.3) is 0 Å². The Kier molecular flexibility index (Phi) is 8.76. The summed E-state index contributed by atoms with van der Waals surface area (Å²) in [5, 5.41) is 6.64. The van der Waals surface area contributed by atoms with E-state index in [-0.39, 0.29) is 0 Å². The predicted molar refractivity (Wildman–Crippen MR) is 108 cm³/mol. The van der Waals surface area contributed by atoms with E-state index in [1.807, 2.05) is 12.1 Å². The summed E-state index contributed by atoms with van der Waals surface area (Å²) < 4.78 is 5.36. The highest BCUT2D eigenvalue weighted by Gasteiger charge is 2.02. The topological polar surface area (TPSA) is 52.8 Å². The van der Waals surface area contributed by atoms with Gasteiger partial charge in [0.1, 0.15) is 5.76 Å². The zero-order chi connectivity index (χ0) is 18.6. The molecular weight excluding hydrogens is 324 g/mol. The van der Waals surface area contributed by atoms with Gasteiger partial charge in [0.2, 0.25) is 0 Å². The summed E-state index contributed by atoms with van der Waals surface area (Å²) in [4.78, 5) is 7.09. The molecule has 0 aliphatic carbocycles. The molecule has 0 aliphatic heterocycles. The molecule has 2 N–H and O–H groups in total. The summed E-state index contributed by atoms with van der Waals surface area (Å²) in [7, 11) is 0. The lowest BCUT2D eigenvalue weighted by Crippen LogP contribution is -2.38. The minimum absolute atomic E-state index is 0.668. The second-order valence-corrected chi connectivity index (χ2v) is 6.23. The van der Waals surface area contributed by atoms with E-state index in [1.54, 1.807) is 6.26 Å². The second kappa shape index (κ2) is 11.4. The molecule has 2 rings (SSSR count). The molecule has 0 unspecified atom stereocenters. The normalized spacial score (nSPS) is 11.8. The van der Waals surface area contributed by atoms with Crippen molar-refractivity contribution in [1.29, 1.82) is 0 Å². The lowest BCUT2D eigenvalue weighted by Gasteiger charge is -2.18. The van der Waals surface area contributed by atoms with Gasteiger partial charge in [0.05, 0.1) is 12.8 Å². The number of benzene rings is 1. The van der Waals surface area contributed by atoms with Gasteiger partial charge in [-0.1, -0.05) is 38.1 Å². The Hall–Kier alpha value is -2.27. The maximum Gasteiger partial charge on any atom is 0.191 e. The van der Waals surface area contributed by atoms with Crippen molar-refractivity contribution in [3.05, 3.63) is 59.5 Å². The van der Waals surface area contributed by atoms with E-state index in [0.717, 1.165) is 50.9 Å². The molecule has 1 aromatic heterocycles. The monoisotopic (exact) mass is 356 g/mol. The molecule has 5 nitrogen and oxygen atoms in total. The van der Waals surface area contributed by atoms with Crippen LogP contribution in [0.2, 0.25) is 0 Å². The summed E-state index contributed by atoms with van der Waals surface area (Å²) in [5.74, 6) is 1.82. The zero-order valence-electron chi connectivity index (χ0n) is 16.3. The molecule has 0 aliphatic rings. The van der Waals surface area contributed by atoms with Crippen molar-refractivity contribution >= 4 is 5.96 Å². The number of aliphatic imine (C=N–C) groups is 1. The molecule has 142 valence electrons. The van der Waals surface area contributed by atoms with E-state index >= 15 is 0 Å². The number of furan rings is 1. The smallest absolute Gasteiger partial charge is 0.191 e. The van der Waals surface area contributed by atoms with Crippen molar-refractivity contribution < 1.29 is 4.42 Å². The van der Waals surface area contributed by atoms with Crippen LogP contribution >= 0.6 is 0 Å². The van der Waals surface area contributed by atoms with E-state index in [4.69, 9.17) is 4.42 Å². The first-order valence-corrected chi connectivity index (χ1v) is 9.59. The number of hydrogen-bond acceptors (Lipinski definition) is 3. The van der Waals surface area contributed by atoms with Crippen LogP contribution in [-0.2, 0) is 19.5 Å². The van der Waals surface area contributed by atoms with Gasteiger partial charge in [-0.05, 0) is 43.3 Å². The van der Waals surface area contributed by atoms with Gasteiger partial charge >= 0.3 is 0 Å². The molecule has 0 spiro atoms. The zero-order valence-corrected chi connectivity index (χ0v) is 16.3. The van der Waals surface area contributed by atoms with Crippen molar-refractivity contribution in [3.63, 3.8) is 0 Å². The molecule has 0 bridgehead atoms. The number of guanidine groups is 1. The summed E-state index contributed by atoms with van der Waals surface area (Å²) in [6, 6.07) is 12.7. The minimum atomic E-state index is 0.668. The summed E-state index contributed by atoms with van der Waals surface area (Å²) in [6.07, 6.45) is 2.55. The van der Waals surface area contributed by atoms with Crippen LogP contribution in [0.1, 0.15) is 37.7 Å². The first kappa shape index (κ1) is 20.0. The molecule has 26 heavy (non-hydrogen) atoms. The number of hydrogen-bond donors (Lipinski definition) is 2. The third kappa shape index (κ3) is 6.92. The average molecular weight is 357 g/mol. The maximum absolute atomic E-state index is 5.36. The minimum Gasteiger partial charge on any atom is -0.469 e. The van der Waals surface area contributed by atoms with Crippen LogP contribution < -0.4 is 10.6 Å². The second-order valence-electron chi connectivity index (χ2n) is 6.23. The largest absolute Gasteiger partial charge is 0.469 e. The molecule has 1 aromatic carbocycles. The van der Waals surface area contributed by atoms with E-state index in [1.165, 1.54) is 11.1 Å².